The number of aromatic carboxylic acids is 1. The van der Waals surface area contributed by atoms with E-state index < -0.39 is 11.7 Å². The Hall–Kier alpha value is -3.04. The molecule has 0 spiro atoms. The molecular weight excluding hydrogens is 280 g/mol. The quantitative estimate of drug-likeness (QED) is 0.651. The molecule has 2 N–H and O–H groups in total. The molecule has 2 heterocycles. The van der Waals surface area contributed by atoms with Crippen LogP contribution in [0.25, 0.3) is 0 Å². The summed E-state index contributed by atoms with van der Waals surface area (Å²) in [5.41, 5.74) is -0.668. The molecule has 110 valence electrons. The van der Waals surface area contributed by atoms with Crippen molar-refractivity contribution in [1.29, 1.82) is 0 Å². The molecule has 0 fully saturated rings. The molecular formula is C11H12N6O4. The topological polar surface area (TPSA) is 132 Å². The van der Waals surface area contributed by atoms with Crippen molar-refractivity contribution >= 4 is 11.9 Å². The van der Waals surface area contributed by atoms with Gasteiger partial charge in [0.05, 0.1) is 12.7 Å². The van der Waals surface area contributed by atoms with Crippen molar-refractivity contribution in [1.82, 2.24) is 29.9 Å². The van der Waals surface area contributed by atoms with Gasteiger partial charge >= 0.3 is 11.7 Å². The summed E-state index contributed by atoms with van der Waals surface area (Å²) in [4.78, 5) is 37.1. The fourth-order valence-corrected chi connectivity index (χ4v) is 1.53. The van der Waals surface area contributed by atoms with Gasteiger partial charge in [-0.25, -0.2) is 19.3 Å². The van der Waals surface area contributed by atoms with E-state index in [1.54, 1.807) is 6.07 Å². The maximum Gasteiger partial charge on any atom is 0.358 e. The minimum atomic E-state index is -1.17. The molecule has 2 rings (SSSR count). The highest BCUT2D eigenvalue weighted by Gasteiger charge is 2.08. The van der Waals surface area contributed by atoms with Crippen LogP contribution in [0.15, 0.2) is 29.5 Å². The van der Waals surface area contributed by atoms with Gasteiger partial charge < -0.3 is 10.4 Å². The number of aromatic nitrogens is 5. The zero-order valence-electron chi connectivity index (χ0n) is 10.8. The van der Waals surface area contributed by atoms with Gasteiger partial charge in [0.25, 0.3) is 0 Å². The van der Waals surface area contributed by atoms with Gasteiger partial charge in [-0.05, 0) is 6.07 Å². The van der Waals surface area contributed by atoms with Gasteiger partial charge in [0, 0.05) is 18.9 Å². The summed E-state index contributed by atoms with van der Waals surface area (Å²) in [6, 6.07) is 1.55. The van der Waals surface area contributed by atoms with Crippen LogP contribution in [0, 0.1) is 0 Å². The van der Waals surface area contributed by atoms with Crippen molar-refractivity contribution in [2.75, 3.05) is 6.54 Å². The van der Waals surface area contributed by atoms with Crippen molar-refractivity contribution < 1.29 is 14.7 Å². The van der Waals surface area contributed by atoms with Crippen LogP contribution >= 0.6 is 0 Å². The summed E-state index contributed by atoms with van der Waals surface area (Å²) in [5, 5.41) is 18.3. The van der Waals surface area contributed by atoms with Gasteiger partial charge in [0.2, 0.25) is 5.91 Å². The van der Waals surface area contributed by atoms with Crippen LogP contribution in [0.4, 0.5) is 0 Å². The summed E-state index contributed by atoms with van der Waals surface area (Å²) in [6.07, 6.45) is 4.08. The van der Waals surface area contributed by atoms with Crippen molar-refractivity contribution in [3.63, 3.8) is 0 Å². The Bertz CT molecular complexity index is 706. The first-order chi connectivity index (χ1) is 10.1. The molecule has 10 nitrogen and oxygen atoms in total. The SMILES string of the molecule is O=C(Cn1cccnc1=O)NCCn1cc(C(=O)O)nn1. The number of carbonyl (C=O) groups is 2. The first-order valence-electron chi connectivity index (χ1n) is 5.98. The highest BCUT2D eigenvalue weighted by atomic mass is 16.4. The molecule has 2 aromatic heterocycles. The number of amides is 1. The standard InChI is InChI=1S/C11H12N6O4/c18-9(7-16-4-1-2-13-11(16)21)12-3-5-17-6-8(10(19)20)14-15-17/h1-2,4,6H,3,5,7H2,(H,12,18)(H,19,20). The Morgan fingerprint density at radius 1 is 1.38 bits per heavy atom. The first-order valence-corrected chi connectivity index (χ1v) is 5.98. The second kappa shape index (κ2) is 6.41. The number of carboxylic acid groups (broad SMARTS) is 1. The van der Waals surface area contributed by atoms with E-state index in [2.05, 4.69) is 20.6 Å². The molecule has 0 aromatic carbocycles. The summed E-state index contributed by atoms with van der Waals surface area (Å²) in [6.45, 7) is 0.370. The second-order valence-corrected chi connectivity index (χ2v) is 4.05. The number of nitrogens with zero attached hydrogens (tertiary/aromatic N) is 5. The Kier molecular flexibility index (Phi) is 4.39. The molecule has 0 saturated heterocycles. The minimum Gasteiger partial charge on any atom is -0.476 e. The molecule has 21 heavy (non-hydrogen) atoms. The predicted octanol–water partition coefficient (Wildman–Crippen LogP) is -1.65. The highest BCUT2D eigenvalue weighted by Crippen LogP contribution is 1.91. The zero-order chi connectivity index (χ0) is 15.2. The molecule has 0 aliphatic heterocycles. The first kappa shape index (κ1) is 14.4. The van der Waals surface area contributed by atoms with Gasteiger partial charge in [-0.1, -0.05) is 5.21 Å². The van der Waals surface area contributed by atoms with Crippen LogP contribution < -0.4 is 11.0 Å². The van der Waals surface area contributed by atoms with E-state index in [0.717, 1.165) is 0 Å². The minimum absolute atomic E-state index is 0.135. The van der Waals surface area contributed by atoms with E-state index in [4.69, 9.17) is 5.11 Å². The van der Waals surface area contributed by atoms with Gasteiger partial charge in [0.1, 0.15) is 6.54 Å². The van der Waals surface area contributed by atoms with E-state index in [0.29, 0.717) is 0 Å². The summed E-state index contributed by atoms with van der Waals surface area (Å²) in [5.74, 6) is -1.52. The Morgan fingerprint density at radius 2 is 2.19 bits per heavy atom. The largest absolute Gasteiger partial charge is 0.476 e. The fourth-order valence-electron chi connectivity index (χ4n) is 1.53. The normalized spacial score (nSPS) is 10.3. The second-order valence-electron chi connectivity index (χ2n) is 4.05. The third-order valence-corrected chi connectivity index (χ3v) is 2.52. The van der Waals surface area contributed by atoms with Crippen LogP contribution in [0.3, 0.4) is 0 Å². The molecule has 2 aromatic rings. The van der Waals surface area contributed by atoms with Crippen molar-refractivity contribution in [2.45, 2.75) is 13.1 Å². The number of carboxylic acids is 1. The van der Waals surface area contributed by atoms with Crippen molar-refractivity contribution in [3.8, 4) is 0 Å². The van der Waals surface area contributed by atoms with Gasteiger partial charge in [0.15, 0.2) is 5.69 Å². The van der Waals surface area contributed by atoms with E-state index in [9.17, 15) is 14.4 Å². The monoisotopic (exact) mass is 292 g/mol. The van der Waals surface area contributed by atoms with Crippen molar-refractivity contribution in [2.24, 2.45) is 0 Å². The maximum atomic E-state index is 11.6. The number of hydrogen-bond acceptors (Lipinski definition) is 6. The molecule has 0 saturated carbocycles. The summed E-state index contributed by atoms with van der Waals surface area (Å²) in [7, 11) is 0. The van der Waals surface area contributed by atoms with Gasteiger partial charge in [-0.2, -0.15) is 0 Å². The van der Waals surface area contributed by atoms with Crippen LogP contribution in [0.5, 0.6) is 0 Å². The number of nitrogens with one attached hydrogen (secondary N) is 1. The Balaban J connectivity index is 1.80. The van der Waals surface area contributed by atoms with Gasteiger partial charge in [-0.15, -0.1) is 5.10 Å². The van der Waals surface area contributed by atoms with Crippen molar-refractivity contribution in [3.05, 3.63) is 40.8 Å². The van der Waals surface area contributed by atoms with Gasteiger partial charge in [-0.3, -0.25) is 9.36 Å². The molecule has 10 heteroatoms. The number of rotatable bonds is 6. The molecule has 0 aliphatic carbocycles. The van der Waals surface area contributed by atoms with E-state index >= 15 is 0 Å². The van der Waals surface area contributed by atoms with E-state index in [1.165, 1.54) is 27.8 Å². The Morgan fingerprint density at radius 3 is 2.86 bits per heavy atom. The predicted molar refractivity (Wildman–Crippen MR) is 68.5 cm³/mol. The average Bonchev–Trinajstić information content (AvgIpc) is 2.90. The average molecular weight is 292 g/mol. The van der Waals surface area contributed by atoms with E-state index in [-0.39, 0.29) is 31.2 Å². The molecule has 0 bridgehead atoms. The van der Waals surface area contributed by atoms with Crippen LogP contribution in [0.1, 0.15) is 10.5 Å². The third-order valence-electron chi connectivity index (χ3n) is 2.52. The molecule has 0 atom stereocenters. The lowest BCUT2D eigenvalue weighted by molar-refractivity contribution is -0.121. The zero-order valence-corrected chi connectivity index (χ0v) is 10.8. The molecule has 1 amide bonds. The lowest BCUT2D eigenvalue weighted by atomic mass is 10.5. The smallest absolute Gasteiger partial charge is 0.358 e. The van der Waals surface area contributed by atoms with Crippen LogP contribution in [0.2, 0.25) is 0 Å². The third kappa shape index (κ3) is 3.96. The molecule has 0 unspecified atom stereocenters. The summed E-state index contributed by atoms with van der Waals surface area (Å²) >= 11 is 0. The number of hydrogen-bond donors (Lipinski definition) is 2. The van der Waals surface area contributed by atoms with E-state index in [1.807, 2.05) is 0 Å². The Labute approximate surface area is 118 Å². The lowest BCUT2D eigenvalue weighted by Gasteiger charge is -2.06. The highest BCUT2D eigenvalue weighted by molar-refractivity contribution is 5.84. The molecule has 0 aliphatic rings. The number of carbonyl (C=O) groups excluding carboxylic acids is 1. The van der Waals surface area contributed by atoms with Crippen LogP contribution in [-0.4, -0.2) is 48.1 Å². The lowest BCUT2D eigenvalue weighted by Crippen LogP contribution is -2.34. The summed E-state index contributed by atoms with van der Waals surface area (Å²) < 4.78 is 2.48. The molecule has 0 radical (unpaired) electrons. The maximum absolute atomic E-state index is 11.6. The fraction of sp³-hybridized carbons (Fsp3) is 0.273. The van der Waals surface area contributed by atoms with Crippen LogP contribution in [-0.2, 0) is 17.9 Å².